The average Bonchev–Trinajstić information content (AvgIpc) is 3.02. The van der Waals surface area contributed by atoms with Gasteiger partial charge < -0.3 is 10.3 Å². The molecule has 9 heteroatoms. The van der Waals surface area contributed by atoms with Gasteiger partial charge >= 0.3 is 6.03 Å². The van der Waals surface area contributed by atoms with Gasteiger partial charge in [0.25, 0.3) is 11.8 Å². The number of nitrogens with two attached hydrogens (primary N) is 1. The Morgan fingerprint density at radius 3 is 2.60 bits per heavy atom. The molecule has 0 bridgehead atoms. The molecule has 0 aliphatic carbocycles. The molecule has 0 spiro atoms. The normalized spacial score (nSPS) is 15.7. The minimum Gasteiger partial charge on any atom is -0.368 e. The fraction of sp³-hybridized carbons (Fsp3) is 0.0476. The summed E-state index contributed by atoms with van der Waals surface area (Å²) in [5.41, 5.74) is 6.72. The molecule has 5 amide bonds. The maximum Gasteiger partial charge on any atom is 0.335 e. The number of imide groups is 2. The van der Waals surface area contributed by atoms with Crippen LogP contribution in [0, 0.1) is 0 Å². The zero-order chi connectivity index (χ0) is 21.4. The molecule has 3 aromatic rings. The predicted molar refractivity (Wildman–Crippen MR) is 114 cm³/mol. The smallest absolute Gasteiger partial charge is 0.335 e. The number of anilines is 1. The summed E-state index contributed by atoms with van der Waals surface area (Å²) in [6, 6.07) is 13.0. The third-order valence-corrected chi connectivity index (χ3v) is 5.11. The van der Waals surface area contributed by atoms with Crippen molar-refractivity contribution in [3.05, 3.63) is 70.3 Å². The van der Waals surface area contributed by atoms with Gasteiger partial charge in [0.05, 0.1) is 5.69 Å². The Bertz CT molecular complexity index is 1260. The molecule has 30 heavy (non-hydrogen) atoms. The van der Waals surface area contributed by atoms with Gasteiger partial charge in [0.1, 0.15) is 12.1 Å². The zero-order valence-corrected chi connectivity index (χ0v) is 17.0. The summed E-state index contributed by atoms with van der Waals surface area (Å²) in [6.45, 7) is -0.0491. The molecule has 8 nitrogen and oxygen atoms in total. The summed E-state index contributed by atoms with van der Waals surface area (Å²) in [5, 5.41) is 2.93. The van der Waals surface area contributed by atoms with Crippen LogP contribution in [0.25, 0.3) is 17.0 Å². The number of fused-ring (bicyclic) bond motifs is 1. The van der Waals surface area contributed by atoms with Crippen molar-refractivity contribution < 1.29 is 19.2 Å². The van der Waals surface area contributed by atoms with E-state index < -0.39 is 23.8 Å². The number of urea groups is 1. The number of carbonyl (C=O) groups is 4. The maximum absolute atomic E-state index is 13.1. The number of hydrogen-bond donors (Lipinski definition) is 2. The minimum atomic E-state index is -0.823. The zero-order valence-electron chi connectivity index (χ0n) is 15.5. The Morgan fingerprint density at radius 1 is 1.10 bits per heavy atom. The van der Waals surface area contributed by atoms with Gasteiger partial charge in [-0.1, -0.05) is 40.2 Å². The SMILES string of the molecule is NC(=O)Cn1cc(/C=C2\C(=O)NC(=O)N(c3cccc(Br)c3)C2=O)c2ccccc21. The van der Waals surface area contributed by atoms with Gasteiger partial charge in [0, 0.05) is 27.1 Å². The number of halogens is 1. The van der Waals surface area contributed by atoms with E-state index in [1.807, 2.05) is 12.1 Å². The van der Waals surface area contributed by atoms with E-state index in [-0.39, 0.29) is 12.1 Å². The van der Waals surface area contributed by atoms with E-state index in [1.165, 1.54) is 6.08 Å². The van der Waals surface area contributed by atoms with Crippen molar-refractivity contribution in [2.24, 2.45) is 5.73 Å². The van der Waals surface area contributed by atoms with Gasteiger partial charge in [-0.25, -0.2) is 9.69 Å². The molecular formula is C21H15BrN4O4. The number of carbonyl (C=O) groups excluding carboxylic acids is 4. The van der Waals surface area contributed by atoms with Crippen LogP contribution in [-0.4, -0.2) is 28.3 Å². The number of para-hydroxylation sites is 1. The number of barbiturate groups is 1. The first-order chi connectivity index (χ1) is 14.3. The van der Waals surface area contributed by atoms with Crippen LogP contribution < -0.4 is 16.0 Å². The number of benzene rings is 2. The van der Waals surface area contributed by atoms with Crippen LogP contribution in [0.3, 0.4) is 0 Å². The summed E-state index contributed by atoms with van der Waals surface area (Å²) in [6.07, 6.45) is 3.05. The fourth-order valence-electron chi connectivity index (χ4n) is 3.35. The molecule has 1 aliphatic heterocycles. The van der Waals surface area contributed by atoms with Crippen molar-refractivity contribution in [1.82, 2.24) is 9.88 Å². The molecule has 1 fully saturated rings. The summed E-state index contributed by atoms with van der Waals surface area (Å²) < 4.78 is 2.32. The van der Waals surface area contributed by atoms with E-state index in [0.29, 0.717) is 15.7 Å². The molecule has 0 atom stereocenters. The first-order valence-corrected chi connectivity index (χ1v) is 9.67. The first kappa shape index (κ1) is 19.6. The van der Waals surface area contributed by atoms with Crippen LogP contribution in [0.1, 0.15) is 5.56 Å². The molecule has 3 N–H and O–H groups in total. The second-order valence-corrected chi connectivity index (χ2v) is 7.55. The van der Waals surface area contributed by atoms with Crippen LogP contribution in [0.4, 0.5) is 10.5 Å². The highest BCUT2D eigenvalue weighted by Gasteiger charge is 2.37. The number of hydrogen-bond acceptors (Lipinski definition) is 4. The molecule has 1 aromatic heterocycles. The fourth-order valence-corrected chi connectivity index (χ4v) is 3.74. The molecule has 2 heterocycles. The Labute approximate surface area is 179 Å². The Balaban J connectivity index is 1.81. The quantitative estimate of drug-likeness (QED) is 0.454. The lowest BCUT2D eigenvalue weighted by molar-refractivity contribution is -0.122. The number of rotatable bonds is 4. The largest absolute Gasteiger partial charge is 0.368 e. The van der Waals surface area contributed by atoms with Crippen LogP contribution in [0.2, 0.25) is 0 Å². The van der Waals surface area contributed by atoms with Gasteiger partial charge in [-0.15, -0.1) is 0 Å². The third-order valence-electron chi connectivity index (χ3n) is 4.61. The van der Waals surface area contributed by atoms with E-state index in [2.05, 4.69) is 21.2 Å². The number of aromatic nitrogens is 1. The molecular weight excluding hydrogens is 452 g/mol. The van der Waals surface area contributed by atoms with Crippen LogP contribution in [0.5, 0.6) is 0 Å². The second-order valence-electron chi connectivity index (χ2n) is 6.63. The monoisotopic (exact) mass is 466 g/mol. The topological polar surface area (TPSA) is 114 Å². The van der Waals surface area contributed by atoms with E-state index in [4.69, 9.17) is 5.73 Å². The van der Waals surface area contributed by atoms with E-state index in [1.54, 1.807) is 47.2 Å². The van der Waals surface area contributed by atoms with Gasteiger partial charge in [0.2, 0.25) is 5.91 Å². The van der Waals surface area contributed by atoms with Crippen LogP contribution in [-0.2, 0) is 20.9 Å². The van der Waals surface area contributed by atoms with Crippen LogP contribution >= 0.6 is 15.9 Å². The van der Waals surface area contributed by atoms with Crippen molar-refractivity contribution >= 4 is 62.3 Å². The number of nitrogens with zero attached hydrogens (tertiary/aromatic N) is 2. The number of amides is 5. The lowest BCUT2D eigenvalue weighted by atomic mass is 10.1. The summed E-state index contributed by atoms with van der Waals surface area (Å²) >= 11 is 3.31. The lowest BCUT2D eigenvalue weighted by Crippen LogP contribution is -2.54. The Hall–Kier alpha value is -3.72. The molecule has 2 aromatic carbocycles. The highest BCUT2D eigenvalue weighted by molar-refractivity contribution is 9.10. The highest BCUT2D eigenvalue weighted by Crippen LogP contribution is 2.27. The van der Waals surface area contributed by atoms with Gasteiger partial charge in [-0.3, -0.25) is 19.7 Å². The summed E-state index contributed by atoms with van der Waals surface area (Å²) in [4.78, 5) is 50.1. The van der Waals surface area contributed by atoms with Gasteiger partial charge in [-0.05, 0) is 30.3 Å². The lowest BCUT2D eigenvalue weighted by Gasteiger charge is -2.26. The standard InChI is InChI=1S/C21H15BrN4O4/c22-13-4-3-5-14(9-13)26-20(29)16(19(28)24-21(26)30)8-12-10-25(11-18(23)27)17-7-2-1-6-15(12)17/h1-10H,11H2,(H2,23,27)(H,24,28,30)/b16-8+. The molecule has 0 radical (unpaired) electrons. The molecule has 0 unspecified atom stereocenters. The maximum atomic E-state index is 13.1. The van der Waals surface area contributed by atoms with Gasteiger partial charge in [0.15, 0.2) is 0 Å². The Morgan fingerprint density at radius 2 is 1.87 bits per heavy atom. The second kappa shape index (κ2) is 7.60. The third kappa shape index (κ3) is 3.50. The summed E-state index contributed by atoms with van der Waals surface area (Å²) in [5.74, 6) is -2.05. The molecule has 1 saturated heterocycles. The molecule has 1 aliphatic rings. The van der Waals surface area contributed by atoms with E-state index in [9.17, 15) is 19.2 Å². The van der Waals surface area contributed by atoms with Crippen molar-refractivity contribution in [2.75, 3.05) is 4.90 Å². The van der Waals surface area contributed by atoms with Crippen molar-refractivity contribution in [3.63, 3.8) is 0 Å². The van der Waals surface area contributed by atoms with Crippen molar-refractivity contribution in [2.45, 2.75) is 6.54 Å². The number of nitrogens with one attached hydrogen (secondary N) is 1. The minimum absolute atomic E-state index is 0.0491. The molecule has 150 valence electrons. The van der Waals surface area contributed by atoms with E-state index in [0.717, 1.165) is 15.8 Å². The van der Waals surface area contributed by atoms with Crippen LogP contribution in [0.15, 0.2) is 64.8 Å². The van der Waals surface area contributed by atoms with Crippen molar-refractivity contribution in [1.29, 1.82) is 0 Å². The molecule has 0 saturated carbocycles. The van der Waals surface area contributed by atoms with Gasteiger partial charge in [-0.2, -0.15) is 0 Å². The molecule has 4 rings (SSSR count). The Kier molecular flexibility index (Phi) is 4.96. The number of primary amides is 1. The first-order valence-electron chi connectivity index (χ1n) is 8.88. The predicted octanol–water partition coefficient (Wildman–Crippen LogP) is 2.56. The highest BCUT2D eigenvalue weighted by atomic mass is 79.9. The van der Waals surface area contributed by atoms with Crippen molar-refractivity contribution in [3.8, 4) is 0 Å². The van der Waals surface area contributed by atoms with E-state index >= 15 is 0 Å². The summed E-state index contributed by atoms with van der Waals surface area (Å²) in [7, 11) is 0. The average molecular weight is 467 g/mol.